The highest BCUT2D eigenvalue weighted by molar-refractivity contribution is 8.18. The zero-order valence-corrected chi connectivity index (χ0v) is 21.1. The van der Waals surface area contributed by atoms with Gasteiger partial charge in [0.2, 0.25) is 5.91 Å². The summed E-state index contributed by atoms with van der Waals surface area (Å²) in [6, 6.07) is 27.9. The highest BCUT2D eigenvalue weighted by Crippen LogP contribution is 2.32. The maximum atomic E-state index is 12.9. The summed E-state index contributed by atoms with van der Waals surface area (Å²) < 4.78 is 5.79. The molecule has 1 aliphatic rings. The Morgan fingerprint density at radius 2 is 1.65 bits per heavy atom. The minimum Gasteiger partial charge on any atom is -0.489 e. The smallest absolute Gasteiger partial charge is 0.294 e. The van der Waals surface area contributed by atoms with Crippen molar-refractivity contribution < 1.29 is 19.1 Å². The quantitative estimate of drug-likeness (QED) is 0.269. The first kappa shape index (κ1) is 24.6. The van der Waals surface area contributed by atoms with E-state index in [0.717, 1.165) is 38.6 Å². The minimum atomic E-state index is -0.494. The third-order valence-electron chi connectivity index (χ3n) is 5.74. The van der Waals surface area contributed by atoms with Crippen LogP contribution in [-0.4, -0.2) is 28.5 Å². The van der Waals surface area contributed by atoms with Crippen molar-refractivity contribution in [2.75, 3.05) is 11.9 Å². The molecule has 0 unspecified atom stereocenters. The largest absolute Gasteiger partial charge is 0.489 e. The monoisotopic (exact) mass is 528 g/mol. The zero-order chi connectivity index (χ0) is 25.8. The van der Waals surface area contributed by atoms with Crippen molar-refractivity contribution in [3.8, 4) is 5.75 Å². The highest BCUT2D eigenvalue weighted by atomic mass is 35.5. The molecule has 0 aliphatic carbocycles. The van der Waals surface area contributed by atoms with Crippen molar-refractivity contribution in [3.63, 3.8) is 0 Å². The predicted octanol–water partition coefficient (Wildman–Crippen LogP) is 6.75. The Morgan fingerprint density at radius 3 is 2.43 bits per heavy atom. The lowest BCUT2D eigenvalue weighted by molar-refractivity contribution is -0.127. The van der Waals surface area contributed by atoms with Crippen LogP contribution in [0.15, 0.2) is 95.9 Å². The maximum Gasteiger partial charge on any atom is 0.294 e. The van der Waals surface area contributed by atoms with E-state index >= 15 is 0 Å². The van der Waals surface area contributed by atoms with Crippen molar-refractivity contribution in [3.05, 3.63) is 112 Å². The van der Waals surface area contributed by atoms with Gasteiger partial charge >= 0.3 is 0 Å². The molecule has 4 aromatic carbocycles. The van der Waals surface area contributed by atoms with Crippen LogP contribution in [0.1, 0.15) is 11.1 Å². The SMILES string of the molecule is O=C(CN1C(=O)S/C(=C/c2ccc(OCc3ccc(Cl)cc3)cc2)C1=O)Nc1cccc2ccccc12. The number of rotatable bonds is 7. The summed E-state index contributed by atoms with van der Waals surface area (Å²) in [5, 5.41) is 4.87. The fourth-order valence-corrected chi connectivity index (χ4v) is 4.83. The molecule has 1 aliphatic heterocycles. The molecule has 1 saturated heterocycles. The van der Waals surface area contributed by atoms with Gasteiger partial charge in [0.25, 0.3) is 11.1 Å². The molecule has 0 bridgehead atoms. The van der Waals surface area contributed by atoms with Crippen molar-refractivity contribution >= 4 is 63.0 Å². The Balaban J connectivity index is 1.21. The Bertz CT molecular complexity index is 1510. The Labute approximate surface area is 222 Å². The van der Waals surface area contributed by atoms with Crippen LogP contribution in [0.3, 0.4) is 0 Å². The van der Waals surface area contributed by atoms with E-state index in [1.165, 1.54) is 0 Å². The number of amides is 3. The average molecular weight is 529 g/mol. The van der Waals surface area contributed by atoms with Gasteiger partial charge in [0.05, 0.1) is 4.91 Å². The molecular formula is C29H21ClN2O4S. The van der Waals surface area contributed by atoms with Crippen molar-refractivity contribution in [2.24, 2.45) is 0 Å². The number of imide groups is 1. The lowest BCUT2D eigenvalue weighted by Gasteiger charge is -2.13. The first-order valence-electron chi connectivity index (χ1n) is 11.5. The number of hydrogen-bond donors (Lipinski definition) is 1. The van der Waals surface area contributed by atoms with Gasteiger partial charge in [0.1, 0.15) is 18.9 Å². The minimum absolute atomic E-state index is 0.262. The topological polar surface area (TPSA) is 75.7 Å². The first-order chi connectivity index (χ1) is 18.0. The van der Waals surface area contributed by atoms with Gasteiger partial charge in [-0.25, -0.2) is 0 Å². The fourth-order valence-electron chi connectivity index (χ4n) is 3.86. The van der Waals surface area contributed by atoms with E-state index in [4.69, 9.17) is 16.3 Å². The second-order valence-electron chi connectivity index (χ2n) is 8.33. The highest BCUT2D eigenvalue weighted by Gasteiger charge is 2.36. The summed E-state index contributed by atoms with van der Waals surface area (Å²) >= 11 is 6.72. The van der Waals surface area contributed by atoms with Crippen LogP contribution in [0.25, 0.3) is 16.8 Å². The van der Waals surface area contributed by atoms with E-state index in [9.17, 15) is 14.4 Å². The molecule has 3 amide bonds. The molecule has 0 saturated carbocycles. The van der Waals surface area contributed by atoms with E-state index in [2.05, 4.69) is 5.32 Å². The van der Waals surface area contributed by atoms with E-state index in [-0.39, 0.29) is 11.4 Å². The van der Waals surface area contributed by atoms with Gasteiger partial charge in [-0.3, -0.25) is 19.3 Å². The summed E-state index contributed by atoms with van der Waals surface area (Å²) in [5.41, 5.74) is 2.36. The van der Waals surface area contributed by atoms with E-state index in [1.807, 2.05) is 60.7 Å². The summed E-state index contributed by atoms with van der Waals surface area (Å²) in [7, 11) is 0. The van der Waals surface area contributed by atoms with Gasteiger partial charge in [0, 0.05) is 16.1 Å². The number of ether oxygens (including phenoxy) is 1. The van der Waals surface area contributed by atoms with Gasteiger partial charge in [-0.05, 0) is 64.7 Å². The first-order valence-corrected chi connectivity index (χ1v) is 12.7. The van der Waals surface area contributed by atoms with E-state index in [0.29, 0.717) is 23.1 Å². The summed E-state index contributed by atoms with van der Waals surface area (Å²) in [4.78, 5) is 39.3. The Hall–Kier alpha value is -4.07. The molecule has 1 fully saturated rings. The second-order valence-corrected chi connectivity index (χ2v) is 9.76. The lowest BCUT2D eigenvalue weighted by Crippen LogP contribution is -2.36. The molecule has 5 rings (SSSR count). The number of fused-ring (bicyclic) bond motifs is 1. The summed E-state index contributed by atoms with van der Waals surface area (Å²) in [6.45, 7) is 0.0406. The number of carbonyl (C=O) groups excluding carboxylic acids is 3. The van der Waals surface area contributed by atoms with Crippen molar-refractivity contribution in [2.45, 2.75) is 6.61 Å². The molecule has 0 aromatic heterocycles. The number of hydrogen-bond acceptors (Lipinski definition) is 5. The number of nitrogens with zero attached hydrogens (tertiary/aromatic N) is 1. The molecule has 37 heavy (non-hydrogen) atoms. The molecule has 0 atom stereocenters. The van der Waals surface area contributed by atoms with Crippen molar-refractivity contribution in [1.82, 2.24) is 4.90 Å². The molecule has 0 spiro atoms. The maximum absolute atomic E-state index is 12.9. The summed E-state index contributed by atoms with van der Waals surface area (Å²) in [5.74, 6) is -0.265. The third-order valence-corrected chi connectivity index (χ3v) is 6.90. The van der Waals surface area contributed by atoms with E-state index in [1.54, 1.807) is 36.4 Å². The van der Waals surface area contributed by atoms with Crippen LogP contribution < -0.4 is 10.1 Å². The van der Waals surface area contributed by atoms with Gasteiger partial charge in [-0.15, -0.1) is 0 Å². The number of benzene rings is 4. The average Bonchev–Trinajstić information content (AvgIpc) is 3.16. The number of nitrogens with one attached hydrogen (secondary N) is 1. The van der Waals surface area contributed by atoms with E-state index < -0.39 is 17.1 Å². The number of thioether (sulfide) groups is 1. The van der Waals surface area contributed by atoms with Crippen LogP contribution in [0.4, 0.5) is 10.5 Å². The van der Waals surface area contributed by atoms with Crippen LogP contribution in [-0.2, 0) is 16.2 Å². The lowest BCUT2D eigenvalue weighted by atomic mass is 10.1. The standard InChI is InChI=1S/C29H21ClN2O4S/c30-22-12-8-20(9-13-22)18-36-23-14-10-19(11-15-23)16-26-28(34)32(29(35)37-26)17-27(33)31-25-7-3-5-21-4-1-2-6-24(21)25/h1-16H,17-18H2,(H,31,33)/b26-16+. The van der Waals surface area contributed by atoms with Gasteiger partial charge < -0.3 is 10.1 Å². The van der Waals surface area contributed by atoms with Crippen LogP contribution >= 0.6 is 23.4 Å². The third kappa shape index (κ3) is 5.85. The number of anilines is 1. The molecule has 1 heterocycles. The molecular weight excluding hydrogens is 508 g/mol. The van der Waals surface area contributed by atoms with Crippen molar-refractivity contribution in [1.29, 1.82) is 0 Å². The number of carbonyl (C=O) groups is 3. The molecule has 184 valence electrons. The number of halogens is 1. The van der Waals surface area contributed by atoms with Gasteiger partial charge in [0.15, 0.2) is 0 Å². The second kappa shape index (κ2) is 10.9. The Kier molecular flexibility index (Phi) is 7.25. The molecule has 0 radical (unpaired) electrons. The molecule has 6 nitrogen and oxygen atoms in total. The van der Waals surface area contributed by atoms with Gasteiger partial charge in [-0.2, -0.15) is 0 Å². The molecule has 1 N–H and O–H groups in total. The van der Waals surface area contributed by atoms with Crippen LogP contribution in [0.5, 0.6) is 5.75 Å². The molecule has 4 aromatic rings. The van der Waals surface area contributed by atoms with Crippen LogP contribution in [0, 0.1) is 0 Å². The Morgan fingerprint density at radius 1 is 0.919 bits per heavy atom. The summed E-state index contributed by atoms with van der Waals surface area (Å²) in [6.07, 6.45) is 1.64. The fraction of sp³-hybridized carbons (Fsp3) is 0.0690. The normalized spacial score (nSPS) is 14.4. The predicted molar refractivity (Wildman–Crippen MR) is 147 cm³/mol. The van der Waals surface area contributed by atoms with Crippen LogP contribution in [0.2, 0.25) is 5.02 Å². The van der Waals surface area contributed by atoms with Gasteiger partial charge in [-0.1, -0.05) is 72.3 Å². The molecule has 8 heteroatoms. The zero-order valence-electron chi connectivity index (χ0n) is 19.5.